The van der Waals surface area contributed by atoms with Gasteiger partial charge in [-0.15, -0.1) is 0 Å². The third kappa shape index (κ3) is 2.93. The molecule has 0 radical (unpaired) electrons. The van der Waals surface area contributed by atoms with Gasteiger partial charge in [-0.3, -0.25) is 10.1 Å². The minimum Gasteiger partial charge on any atom is -0.258 e. The Balaban J connectivity index is 1.77. The van der Waals surface area contributed by atoms with Crippen LogP contribution in [-0.4, -0.2) is 27.0 Å². The van der Waals surface area contributed by atoms with Crippen LogP contribution in [0.4, 0.5) is 10.1 Å². The first-order valence-corrected chi connectivity index (χ1v) is 10.6. The Morgan fingerprint density at radius 2 is 2.03 bits per heavy atom. The molecule has 154 valence electrons. The van der Waals surface area contributed by atoms with Gasteiger partial charge >= 0.3 is 0 Å². The molecule has 0 fully saturated rings. The molecular formula is C21H18FN3O4S. The minimum atomic E-state index is -3.89. The highest BCUT2D eigenvalue weighted by molar-refractivity contribution is 7.91. The molecule has 2 heterocycles. The number of nitro benzene ring substituents is 1. The molecule has 0 saturated heterocycles. The number of rotatable bonds is 4. The summed E-state index contributed by atoms with van der Waals surface area (Å²) in [5.74, 6) is -0.608. The highest BCUT2D eigenvalue weighted by Crippen LogP contribution is 2.40. The summed E-state index contributed by atoms with van der Waals surface area (Å²) >= 11 is 0. The maximum atomic E-state index is 14.3. The molecule has 0 amide bonds. The predicted octanol–water partition coefficient (Wildman–Crippen LogP) is 4.45. The third-order valence-corrected chi connectivity index (χ3v) is 8.07. The molecule has 1 aromatic carbocycles. The van der Waals surface area contributed by atoms with E-state index in [9.17, 15) is 22.9 Å². The number of aromatic nitrogens is 2. The lowest BCUT2D eigenvalue weighted by molar-refractivity contribution is -0.384. The quantitative estimate of drug-likeness (QED) is 0.453. The average molecular weight is 427 g/mol. The second-order valence-electron chi connectivity index (χ2n) is 7.38. The van der Waals surface area contributed by atoms with Crippen molar-refractivity contribution in [1.29, 1.82) is 0 Å². The van der Waals surface area contributed by atoms with Gasteiger partial charge in [-0.05, 0) is 55.7 Å². The van der Waals surface area contributed by atoms with Gasteiger partial charge in [0.05, 0.1) is 4.92 Å². The van der Waals surface area contributed by atoms with Crippen molar-refractivity contribution in [2.24, 2.45) is 0 Å². The van der Waals surface area contributed by atoms with Crippen LogP contribution in [0.25, 0.3) is 16.6 Å². The van der Waals surface area contributed by atoms with Crippen LogP contribution in [0.15, 0.2) is 66.5 Å². The molecule has 1 unspecified atom stereocenters. The second-order valence-corrected chi connectivity index (χ2v) is 9.62. The number of nitro groups is 1. The Hall–Kier alpha value is -3.33. The van der Waals surface area contributed by atoms with Crippen molar-refractivity contribution in [2.45, 2.75) is 25.0 Å². The maximum absolute atomic E-state index is 14.3. The van der Waals surface area contributed by atoms with Gasteiger partial charge in [-0.25, -0.2) is 21.8 Å². The Morgan fingerprint density at radius 1 is 1.27 bits per heavy atom. The molecule has 9 heteroatoms. The van der Waals surface area contributed by atoms with E-state index >= 15 is 0 Å². The maximum Gasteiger partial charge on any atom is 0.270 e. The van der Waals surface area contributed by atoms with Crippen LogP contribution in [0.5, 0.6) is 0 Å². The molecule has 0 bridgehead atoms. The number of non-ortho nitro benzene ring substituents is 1. The lowest BCUT2D eigenvalue weighted by atomic mass is 9.87. The van der Waals surface area contributed by atoms with E-state index in [0.717, 1.165) is 18.2 Å². The predicted molar refractivity (Wildman–Crippen MR) is 112 cm³/mol. The summed E-state index contributed by atoms with van der Waals surface area (Å²) < 4.78 is 41.3. The summed E-state index contributed by atoms with van der Waals surface area (Å²) in [7, 11) is -3.89. The van der Waals surface area contributed by atoms with E-state index in [2.05, 4.69) is 4.98 Å². The van der Waals surface area contributed by atoms with Crippen molar-refractivity contribution >= 4 is 32.3 Å². The van der Waals surface area contributed by atoms with Crippen LogP contribution in [-0.2, 0) is 10.0 Å². The zero-order valence-corrected chi connectivity index (χ0v) is 17.1. The van der Waals surface area contributed by atoms with Crippen LogP contribution in [0, 0.1) is 15.9 Å². The number of hydrogen-bond acceptors (Lipinski definition) is 5. The average Bonchev–Trinajstić information content (AvgIpc) is 3.15. The molecule has 1 atom stereocenters. The highest BCUT2D eigenvalue weighted by atomic mass is 32.2. The molecule has 0 spiro atoms. The van der Waals surface area contributed by atoms with Gasteiger partial charge < -0.3 is 0 Å². The first-order chi connectivity index (χ1) is 14.1. The molecule has 3 aromatic rings. The SMILES string of the molecule is CC1=CC(c2cc([N+](=O)[O-])ccc2F)=CCC1(C)S(=O)(=O)n1ccc2cccnc21. The third-order valence-electron chi connectivity index (χ3n) is 5.63. The Labute approximate surface area is 172 Å². The molecule has 0 N–H and O–H groups in total. The fourth-order valence-corrected chi connectivity index (χ4v) is 5.40. The summed E-state index contributed by atoms with van der Waals surface area (Å²) in [4.78, 5) is 14.6. The van der Waals surface area contributed by atoms with Crippen LogP contribution >= 0.6 is 0 Å². The van der Waals surface area contributed by atoms with Crippen molar-refractivity contribution in [1.82, 2.24) is 8.96 Å². The zero-order valence-electron chi connectivity index (χ0n) is 16.2. The molecular weight excluding hydrogens is 409 g/mol. The monoisotopic (exact) mass is 427 g/mol. The van der Waals surface area contributed by atoms with E-state index in [1.165, 1.54) is 16.4 Å². The summed E-state index contributed by atoms with van der Waals surface area (Å²) in [6.45, 7) is 3.28. The Bertz CT molecular complexity index is 1360. The molecule has 7 nitrogen and oxygen atoms in total. The van der Waals surface area contributed by atoms with Crippen molar-refractivity contribution in [3.63, 3.8) is 0 Å². The van der Waals surface area contributed by atoms with Crippen LogP contribution < -0.4 is 0 Å². The number of allylic oxidation sites excluding steroid dienone is 3. The summed E-state index contributed by atoms with van der Waals surface area (Å²) in [5.41, 5.74) is 1.09. The smallest absolute Gasteiger partial charge is 0.258 e. The Kier molecular flexibility index (Phi) is 4.58. The van der Waals surface area contributed by atoms with E-state index in [1.54, 1.807) is 44.2 Å². The number of halogens is 1. The molecule has 0 aliphatic heterocycles. The molecule has 2 aromatic heterocycles. The lowest BCUT2D eigenvalue weighted by Gasteiger charge is -2.33. The van der Waals surface area contributed by atoms with Gasteiger partial charge in [0.1, 0.15) is 10.6 Å². The van der Waals surface area contributed by atoms with Crippen LogP contribution in [0.2, 0.25) is 0 Å². The van der Waals surface area contributed by atoms with Crippen LogP contribution in [0.3, 0.4) is 0 Å². The number of fused-ring (bicyclic) bond motifs is 1. The van der Waals surface area contributed by atoms with Gasteiger partial charge in [0, 0.05) is 35.5 Å². The summed E-state index contributed by atoms with van der Waals surface area (Å²) in [6.07, 6.45) is 6.27. The first-order valence-electron chi connectivity index (χ1n) is 9.15. The second kappa shape index (κ2) is 6.88. The van der Waals surface area contributed by atoms with Gasteiger partial charge in [0.15, 0.2) is 5.65 Å². The van der Waals surface area contributed by atoms with Crippen molar-refractivity contribution in [3.05, 3.63) is 88.0 Å². The number of nitrogens with zero attached hydrogens (tertiary/aromatic N) is 3. The number of benzene rings is 1. The highest BCUT2D eigenvalue weighted by Gasteiger charge is 2.43. The standard InChI is InChI=1S/C21H18FN3O4S/c1-14-12-16(18-13-17(25(26)27)5-6-19(18)22)7-9-21(14,2)30(28,29)24-11-8-15-4-3-10-23-20(15)24/h3-8,10-13H,9H2,1-2H3. The fourth-order valence-electron chi connectivity index (χ4n) is 3.61. The molecule has 1 aliphatic carbocycles. The minimum absolute atomic E-state index is 0.0658. The summed E-state index contributed by atoms with van der Waals surface area (Å²) in [5, 5.41) is 11.8. The topological polar surface area (TPSA) is 95.1 Å². The number of hydrogen-bond donors (Lipinski definition) is 0. The zero-order chi connectivity index (χ0) is 21.7. The number of pyridine rings is 1. The van der Waals surface area contributed by atoms with E-state index in [4.69, 9.17) is 0 Å². The first kappa shape index (κ1) is 20.0. The van der Waals surface area contributed by atoms with E-state index in [0.29, 0.717) is 22.2 Å². The lowest BCUT2D eigenvalue weighted by Crippen LogP contribution is -2.41. The Morgan fingerprint density at radius 3 is 2.73 bits per heavy atom. The molecule has 4 rings (SSSR count). The molecule has 1 aliphatic rings. The van der Waals surface area contributed by atoms with E-state index in [1.807, 2.05) is 0 Å². The van der Waals surface area contributed by atoms with E-state index in [-0.39, 0.29) is 17.7 Å². The van der Waals surface area contributed by atoms with Crippen molar-refractivity contribution in [2.75, 3.05) is 0 Å². The van der Waals surface area contributed by atoms with Crippen LogP contribution in [0.1, 0.15) is 25.8 Å². The van der Waals surface area contributed by atoms with Gasteiger partial charge in [-0.2, -0.15) is 0 Å². The fraction of sp³-hybridized carbons (Fsp3) is 0.190. The largest absolute Gasteiger partial charge is 0.270 e. The normalized spacial score (nSPS) is 19.4. The van der Waals surface area contributed by atoms with Crippen molar-refractivity contribution in [3.8, 4) is 0 Å². The molecule has 30 heavy (non-hydrogen) atoms. The van der Waals surface area contributed by atoms with E-state index < -0.39 is 25.5 Å². The van der Waals surface area contributed by atoms with Gasteiger partial charge in [0.2, 0.25) is 10.0 Å². The summed E-state index contributed by atoms with van der Waals surface area (Å²) in [6, 6.07) is 8.49. The van der Waals surface area contributed by atoms with Gasteiger partial charge in [0.25, 0.3) is 5.69 Å². The molecule has 0 saturated carbocycles. The van der Waals surface area contributed by atoms with Gasteiger partial charge in [-0.1, -0.05) is 12.2 Å². The van der Waals surface area contributed by atoms with Crippen molar-refractivity contribution < 1.29 is 17.7 Å².